The van der Waals surface area contributed by atoms with E-state index < -0.39 is 23.0 Å². The third-order valence-corrected chi connectivity index (χ3v) is 7.03. The summed E-state index contributed by atoms with van der Waals surface area (Å²) in [5.74, 6) is 0.453. The SMILES string of the molecule is O=C1NC(=O)/C(=C\c2ccnc(N3CCC(CNCc4cc(-c5cn[nH]c5)nc(C(F)(F)F)c4)CC3)n2)S1. The van der Waals surface area contributed by atoms with Gasteiger partial charge >= 0.3 is 6.18 Å². The Hall–Kier alpha value is -3.78. The Labute approximate surface area is 219 Å². The predicted molar refractivity (Wildman–Crippen MR) is 135 cm³/mol. The van der Waals surface area contributed by atoms with Crippen LogP contribution in [0.4, 0.5) is 23.9 Å². The molecule has 38 heavy (non-hydrogen) atoms. The van der Waals surface area contributed by atoms with E-state index in [9.17, 15) is 22.8 Å². The van der Waals surface area contributed by atoms with Gasteiger partial charge in [0.05, 0.1) is 22.5 Å². The maximum atomic E-state index is 13.4. The first kappa shape index (κ1) is 25.9. The molecule has 0 saturated carbocycles. The number of alkyl halides is 3. The van der Waals surface area contributed by atoms with E-state index in [1.165, 1.54) is 12.4 Å². The van der Waals surface area contributed by atoms with Crippen LogP contribution in [-0.4, -0.2) is 55.9 Å². The van der Waals surface area contributed by atoms with Gasteiger partial charge in [0.1, 0.15) is 5.69 Å². The number of nitrogens with one attached hydrogen (secondary N) is 3. The second-order valence-electron chi connectivity index (χ2n) is 8.93. The monoisotopic (exact) mass is 544 g/mol. The molecule has 14 heteroatoms. The van der Waals surface area contributed by atoms with Gasteiger partial charge in [-0.1, -0.05) is 0 Å². The van der Waals surface area contributed by atoms with E-state index >= 15 is 0 Å². The number of imide groups is 1. The number of nitrogens with zero attached hydrogens (tertiary/aromatic N) is 5. The molecular weight excluding hydrogens is 521 g/mol. The zero-order valence-electron chi connectivity index (χ0n) is 20.0. The minimum atomic E-state index is -4.54. The number of halogens is 3. The van der Waals surface area contributed by atoms with Crippen molar-refractivity contribution in [3.63, 3.8) is 0 Å². The molecular formula is C24H23F3N8O2S. The summed E-state index contributed by atoms with van der Waals surface area (Å²) in [7, 11) is 0. The number of aromatic amines is 1. The number of anilines is 1. The van der Waals surface area contributed by atoms with Gasteiger partial charge < -0.3 is 10.2 Å². The van der Waals surface area contributed by atoms with Gasteiger partial charge in [0, 0.05) is 37.6 Å². The smallest absolute Gasteiger partial charge is 0.341 e. The number of H-pyrrole nitrogens is 1. The van der Waals surface area contributed by atoms with Gasteiger partial charge in [0.2, 0.25) is 5.95 Å². The third-order valence-electron chi connectivity index (χ3n) is 6.21. The summed E-state index contributed by atoms with van der Waals surface area (Å²) in [6, 6.07) is 4.38. The molecule has 5 heterocycles. The fraction of sp³-hybridized carbons (Fsp3) is 0.333. The Morgan fingerprint density at radius 2 is 2.00 bits per heavy atom. The second-order valence-corrected chi connectivity index (χ2v) is 9.94. The first-order chi connectivity index (χ1) is 18.2. The van der Waals surface area contributed by atoms with E-state index in [0.717, 1.165) is 43.8 Å². The Morgan fingerprint density at radius 3 is 2.68 bits per heavy atom. The summed E-state index contributed by atoms with van der Waals surface area (Å²) < 4.78 is 40.1. The summed E-state index contributed by atoms with van der Waals surface area (Å²) in [5, 5.41) is 11.5. The van der Waals surface area contributed by atoms with E-state index in [1.54, 1.807) is 24.4 Å². The van der Waals surface area contributed by atoms with Crippen LogP contribution in [0.1, 0.15) is 29.8 Å². The first-order valence-electron chi connectivity index (χ1n) is 11.9. The van der Waals surface area contributed by atoms with Crippen LogP contribution >= 0.6 is 11.8 Å². The Bertz CT molecular complexity index is 1350. The van der Waals surface area contributed by atoms with Crippen molar-refractivity contribution >= 4 is 34.9 Å². The fourth-order valence-corrected chi connectivity index (χ4v) is 4.95. The molecule has 0 bridgehead atoms. The van der Waals surface area contributed by atoms with E-state index in [-0.39, 0.29) is 17.1 Å². The van der Waals surface area contributed by atoms with Crippen molar-refractivity contribution < 1.29 is 22.8 Å². The second kappa shape index (κ2) is 10.9. The highest BCUT2D eigenvalue weighted by Crippen LogP contribution is 2.31. The fourth-order valence-electron chi connectivity index (χ4n) is 4.28. The Balaban J connectivity index is 1.16. The van der Waals surface area contributed by atoms with Gasteiger partial charge in [-0.15, -0.1) is 0 Å². The van der Waals surface area contributed by atoms with E-state index in [1.807, 2.05) is 0 Å². The zero-order valence-corrected chi connectivity index (χ0v) is 20.8. The molecule has 0 atom stereocenters. The highest BCUT2D eigenvalue weighted by molar-refractivity contribution is 8.18. The molecule has 2 aliphatic heterocycles. The number of pyridine rings is 1. The number of thioether (sulfide) groups is 1. The molecule has 2 amide bonds. The predicted octanol–water partition coefficient (Wildman–Crippen LogP) is 3.61. The highest BCUT2D eigenvalue weighted by atomic mass is 32.2. The molecule has 3 aromatic heterocycles. The molecule has 5 rings (SSSR count). The van der Waals surface area contributed by atoms with Crippen LogP contribution in [0.25, 0.3) is 17.3 Å². The lowest BCUT2D eigenvalue weighted by molar-refractivity contribution is -0.141. The van der Waals surface area contributed by atoms with Crippen molar-refractivity contribution in [1.29, 1.82) is 0 Å². The molecule has 0 unspecified atom stereocenters. The minimum Gasteiger partial charge on any atom is -0.341 e. The molecule has 198 valence electrons. The van der Waals surface area contributed by atoms with E-state index in [0.29, 0.717) is 35.2 Å². The normalized spacial score (nSPS) is 17.9. The maximum Gasteiger partial charge on any atom is 0.433 e. The molecule has 3 N–H and O–H groups in total. The lowest BCUT2D eigenvalue weighted by Gasteiger charge is -2.32. The van der Waals surface area contributed by atoms with Crippen LogP contribution in [0.15, 0.2) is 41.7 Å². The molecule has 10 nitrogen and oxygen atoms in total. The Kier molecular flexibility index (Phi) is 7.42. The van der Waals surface area contributed by atoms with E-state index in [2.05, 4.69) is 40.7 Å². The standard InChI is InChI=1S/C24H23F3N8O2S/c25-24(26,27)20-8-15(7-18(33-20)16-12-30-31-13-16)11-28-10-14-2-5-35(6-3-14)22-29-4-1-17(32-22)9-19-21(36)34-23(37)38-19/h1,4,7-9,12-14,28H,2-3,5-6,10-11H2,(H,30,31)(H,34,36,37)/b19-9+. The van der Waals surface area contributed by atoms with Crippen LogP contribution in [0.5, 0.6) is 0 Å². The number of carbonyl (C=O) groups is 2. The summed E-state index contributed by atoms with van der Waals surface area (Å²) in [5.41, 5.74) is 0.812. The van der Waals surface area contributed by atoms with Crippen LogP contribution in [0.2, 0.25) is 0 Å². The Morgan fingerprint density at radius 1 is 1.18 bits per heavy atom. The van der Waals surface area contributed by atoms with Gasteiger partial charge in [-0.2, -0.15) is 18.3 Å². The molecule has 2 aliphatic rings. The van der Waals surface area contributed by atoms with Crippen molar-refractivity contribution in [2.24, 2.45) is 5.92 Å². The van der Waals surface area contributed by atoms with E-state index in [4.69, 9.17) is 0 Å². The largest absolute Gasteiger partial charge is 0.433 e. The molecule has 0 aromatic carbocycles. The quantitative estimate of drug-likeness (QED) is 0.382. The maximum absolute atomic E-state index is 13.4. The summed E-state index contributed by atoms with van der Waals surface area (Å²) in [6.07, 6.45) is 3.30. The van der Waals surface area contributed by atoms with Gasteiger partial charge in [-0.05, 0) is 66.9 Å². The minimum absolute atomic E-state index is 0.218. The number of carbonyl (C=O) groups excluding carboxylic acids is 2. The number of amides is 2. The van der Waals surface area contributed by atoms with Crippen LogP contribution in [-0.2, 0) is 17.5 Å². The summed E-state index contributed by atoms with van der Waals surface area (Å²) >= 11 is 0.835. The average Bonchev–Trinajstić information content (AvgIpc) is 3.54. The van der Waals surface area contributed by atoms with Crippen LogP contribution in [0.3, 0.4) is 0 Å². The van der Waals surface area contributed by atoms with Gasteiger partial charge in [-0.3, -0.25) is 20.0 Å². The lowest BCUT2D eigenvalue weighted by atomic mass is 9.97. The molecule has 2 fully saturated rings. The first-order valence-corrected chi connectivity index (χ1v) is 12.7. The van der Waals surface area contributed by atoms with Crippen molar-refractivity contribution in [3.8, 4) is 11.3 Å². The van der Waals surface area contributed by atoms with Crippen molar-refractivity contribution in [2.45, 2.75) is 25.6 Å². The molecule has 3 aromatic rings. The van der Waals surface area contributed by atoms with Crippen molar-refractivity contribution in [2.75, 3.05) is 24.5 Å². The molecule has 0 radical (unpaired) electrons. The molecule has 2 saturated heterocycles. The van der Waals surface area contributed by atoms with Gasteiger partial charge in [-0.25, -0.2) is 15.0 Å². The number of aromatic nitrogens is 5. The number of hydrogen-bond acceptors (Lipinski definition) is 9. The molecule has 0 aliphatic carbocycles. The average molecular weight is 545 g/mol. The molecule has 0 spiro atoms. The van der Waals surface area contributed by atoms with Gasteiger partial charge in [0.15, 0.2) is 0 Å². The third kappa shape index (κ3) is 6.19. The van der Waals surface area contributed by atoms with Crippen LogP contribution in [0, 0.1) is 5.92 Å². The summed E-state index contributed by atoms with van der Waals surface area (Å²) in [6.45, 7) is 2.38. The highest BCUT2D eigenvalue weighted by Gasteiger charge is 2.33. The van der Waals surface area contributed by atoms with Crippen LogP contribution < -0.4 is 15.5 Å². The number of piperidine rings is 1. The lowest BCUT2D eigenvalue weighted by Crippen LogP contribution is -2.38. The summed E-state index contributed by atoms with van der Waals surface area (Å²) in [4.78, 5) is 38.1. The van der Waals surface area contributed by atoms with Gasteiger partial charge in [0.25, 0.3) is 11.1 Å². The number of hydrogen-bond donors (Lipinski definition) is 3. The van der Waals surface area contributed by atoms with Crippen molar-refractivity contribution in [3.05, 3.63) is 58.6 Å². The number of rotatable bonds is 7. The topological polar surface area (TPSA) is 129 Å². The van der Waals surface area contributed by atoms with Crippen molar-refractivity contribution in [1.82, 2.24) is 35.8 Å². The zero-order chi connectivity index (χ0) is 26.7.